The SMILES string of the molecule is O=C(CN1CCC(N2CCCC2)C1)NCCN1C(=O)/C(=C/c2ccc3c(c2)OCO3)SC1=S. The van der Waals surface area contributed by atoms with E-state index >= 15 is 0 Å². The quantitative estimate of drug-likeness (QED) is 0.461. The zero-order valence-corrected chi connectivity index (χ0v) is 20.1. The second kappa shape index (κ2) is 10.0. The number of amides is 2. The Morgan fingerprint density at radius 1 is 1.21 bits per heavy atom. The van der Waals surface area contributed by atoms with E-state index < -0.39 is 0 Å². The van der Waals surface area contributed by atoms with E-state index in [1.165, 1.54) is 37.7 Å². The van der Waals surface area contributed by atoms with E-state index in [0.29, 0.717) is 46.4 Å². The minimum atomic E-state index is -0.134. The molecule has 8 nitrogen and oxygen atoms in total. The molecule has 5 rings (SSSR count). The van der Waals surface area contributed by atoms with Gasteiger partial charge in [0.1, 0.15) is 4.32 Å². The molecule has 0 radical (unpaired) electrons. The molecule has 1 atom stereocenters. The van der Waals surface area contributed by atoms with Gasteiger partial charge in [0, 0.05) is 32.2 Å². The van der Waals surface area contributed by atoms with Gasteiger partial charge in [-0.1, -0.05) is 30.0 Å². The number of hydrogen-bond donors (Lipinski definition) is 1. The number of rotatable bonds is 7. The van der Waals surface area contributed by atoms with Crippen LogP contribution in [-0.4, -0.2) is 89.5 Å². The Balaban J connectivity index is 1.08. The molecule has 4 aliphatic heterocycles. The van der Waals surface area contributed by atoms with Crippen LogP contribution in [0.2, 0.25) is 0 Å². The van der Waals surface area contributed by atoms with Crippen molar-refractivity contribution in [2.75, 3.05) is 52.6 Å². The van der Waals surface area contributed by atoms with Gasteiger partial charge < -0.3 is 14.8 Å². The summed E-state index contributed by atoms with van der Waals surface area (Å²) in [4.78, 5) is 32.2. The van der Waals surface area contributed by atoms with Gasteiger partial charge >= 0.3 is 0 Å². The maximum absolute atomic E-state index is 12.8. The standard InChI is InChI=1S/C23H28N4O4S2/c28-21(14-25-9-5-17(13-25)26-7-1-2-8-26)24-6-10-27-22(29)20(33-23(27)32)12-16-3-4-18-19(11-16)31-15-30-18/h3-4,11-12,17H,1-2,5-10,13-15H2,(H,24,28)/b20-12-. The normalized spacial score (nSPS) is 24.4. The molecule has 1 N–H and O–H groups in total. The van der Waals surface area contributed by atoms with Gasteiger partial charge in [-0.15, -0.1) is 0 Å². The summed E-state index contributed by atoms with van der Waals surface area (Å²) in [5.41, 5.74) is 0.853. The maximum atomic E-state index is 12.8. The third kappa shape index (κ3) is 5.18. The lowest BCUT2D eigenvalue weighted by Crippen LogP contribution is -2.42. The third-order valence-corrected chi connectivity index (χ3v) is 7.88. The number of ether oxygens (including phenoxy) is 2. The van der Waals surface area contributed by atoms with Gasteiger partial charge in [0.25, 0.3) is 5.91 Å². The lowest BCUT2D eigenvalue weighted by molar-refractivity contribution is -0.124. The van der Waals surface area contributed by atoms with Gasteiger partial charge in [-0.3, -0.25) is 24.3 Å². The molecule has 2 amide bonds. The third-order valence-electron chi connectivity index (χ3n) is 6.50. The molecule has 0 spiro atoms. The number of hydrogen-bond acceptors (Lipinski definition) is 8. The van der Waals surface area contributed by atoms with Crippen molar-refractivity contribution >= 4 is 46.2 Å². The minimum absolute atomic E-state index is 0.00147. The molecule has 1 aromatic rings. The molecule has 0 bridgehead atoms. The molecule has 4 heterocycles. The fourth-order valence-corrected chi connectivity index (χ4v) is 6.08. The van der Waals surface area contributed by atoms with E-state index in [1.807, 2.05) is 24.3 Å². The highest BCUT2D eigenvalue weighted by Crippen LogP contribution is 2.36. The van der Waals surface area contributed by atoms with Crippen LogP contribution in [0, 0.1) is 0 Å². The van der Waals surface area contributed by atoms with E-state index in [-0.39, 0.29) is 18.6 Å². The number of carbonyl (C=O) groups is 2. The number of carbonyl (C=O) groups excluding carboxylic acids is 2. The molecule has 4 aliphatic rings. The summed E-state index contributed by atoms with van der Waals surface area (Å²) in [6.07, 6.45) is 5.53. The number of nitrogens with zero attached hydrogens (tertiary/aromatic N) is 3. The van der Waals surface area contributed by atoms with Crippen LogP contribution in [-0.2, 0) is 9.59 Å². The topological polar surface area (TPSA) is 74.4 Å². The van der Waals surface area contributed by atoms with E-state index in [0.717, 1.165) is 25.1 Å². The summed E-state index contributed by atoms with van der Waals surface area (Å²) in [6.45, 7) is 5.68. The fraction of sp³-hybridized carbons (Fsp3) is 0.522. The first-order chi connectivity index (χ1) is 16.1. The molecular formula is C23H28N4O4S2. The van der Waals surface area contributed by atoms with Crippen molar-refractivity contribution in [1.29, 1.82) is 0 Å². The molecular weight excluding hydrogens is 460 g/mol. The summed E-state index contributed by atoms with van der Waals surface area (Å²) in [5, 5.41) is 2.95. The first-order valence-corrected chi connectivity index (χ1v) is 12.7. The smallest absolute Gasteiger partial charge is 0.266 e. The largest absolute Gasteiger partial charge is 0.454 e. The monoisotopic (exact) mass is 488 g/mol. The molecule has 10 heteroatoms. The molecule has 0 aliphatic carbocycles. The summed E-state index contributed by atoms with van der Waals surface area (Å²) >= 11 is 6.69. The highest BCUT2D eigenvalue weighted by Gasteiger charge is 2.32. The highest BCUT2D eigenvalue weighted by atomic mass is 32.2. The molecule has 3 fully saturated rings. The number of benzene rings is 1. The Morgan fingerprint density at radius 2 is 2.03 bits per heavy atom. The van der Waals surface area contributed by atoms with Crippen molar-refractivity contribution in [1.82, 2.24) is 20.0 Å². The lowest BCUT2D eigenvalue weighted by atomic mass is 10.2. The van der Waals surface area contributed by atoms with Gasteiger partial charge in [0.2, 0.25) is 12.7 Å². The number of fused-ring (bicyclic) bond motifs is 1. The van der Waals surface area contributed by atoms with Gasteiger partial charge in [0.05, 0.1) is 11.4 Å². The van der Waals surface area contributed by atoms with Gasteiger partial charge in [0.15, 0.2) is 11.5 Å². The van der Waals surface area contributed by atoms with E-state index in [4.69, 9.17) is 21.7 Å². The molecule has 33 heavy (non-hydrogen) atoms. The summed E-state index contributed by atoms with van der Waals surface area (Å²) < 4.78 is 11.2. The molecule has 0 aromatic heterocycles. The average molecular weight is 489 g/mol. The van der Waals surface area contributed by atoms with Crippen LogP contribution in [0.3, 0.4) is 0 Å². The van der Waals surface area contributed by atoms with Gasteiger partial charge in [-0.05, 0) is 56.1 Å². The van der Waals surface area contributed by atoms with Crippen LogP contribution < -0.4 is 14.8 Å². The molecule has 3 saturated heterocycles. The lowest BCUT2D eigenvalue weighted by Gasteiger charge is -2.23. The van der Waals surface area contributed by atoms with E-state index in [2.05, 4.69) is 15.1 Å². The zero-order chi connectivity index (χ0) is 22.8. The average Bonchev–Trinajstić information content (AvgIpc) is 3.59. The number of likely N-dealkylation sites (tertiary alicyclic amines) is 2. The summed E-state index contributed by atoms with van der Waals surface area (Å²) in [6, 6.07) is 6.15. The number of nitrogens with one attached hydrogen (secondary N) is 1. The van der Waals surface area contributed by atoms with Crippen molar-refractivity contribution in [3.05, 3.63) is 28.7 Å². The van der Waals surface area contributed by atoms with Crippen LogP contribution in [0.1, 0.15) is 24.8 Å². The van der Waals surface area contributed by atoms with Crippen molar-refractivity contribution in [2.45, 2.75) is 25.3 Å². The Bertz CT molecular complexity index is 979. The highest BCUT2D eigenvalue weighted by molar-refractivity contribution is 8.26. The summed E-state index contributed by atoms with van der Waals surface area (Å²) in [5.74, 6) is 1.24. The fourth-order valence-electron chi connectivity index (χ4n) is 4.77. The second-order valence-electron chi connectivity index (χ2n) is 8.72. The number of thioether (sulfide) groups is 1. The Morgan fingerprint density at radius 3 is 2.88 bits per heavy atom. The van der Waals surface area contributed by atoms with Crippen molar-refractivity contribution in [3.8, 4) is 11.5 Å². The minimum Gasteiger partial charge on any atom is -0.454 e. The summed E-state index contributed by atoms with van der Waals surface area (Å²) in [7, 11) is 0. The molecule has 176 valence electrons. The van der Waals surface area contributed by atoms with Crippen molar-refractivity contribution in [3.63, 3.8) is 0 Å². The van der Waals surface area contributed by atoms with Crippen LogP contribution in [0.25, 0.3) is 6.08 Å². The molecule has 1 aromatic carbocycles. The van der Waals surface area contributed by atoms with Crippen LogP contribution >= 0.6 is 24.0 Å². The predicted octanol–water partition coefficient (Wildman–Crippen LogP) is 1.90. The van der Waals surface area contributed by atoms with Crippen LogP contribution in [0.15, 0.2) is 23.1 Å². The Kier molecular flexibility index (Phi) is 6.86. The second-order valence-corrected chi connectivity index (χ2v) is 10.4. The Hall–Kier alpha value is -2.14. The van der Waals surface area contributed by atoms with E-state index in [9.17, 15) is 9.59 Å². The van der Waals surface area contributed by atoms with Gasteiger partial charge in [-0.25, -0.2) is 0 Å². The maximum Gasteiger partial charge on any atom is 0.266 e. The first kappa shape index (κ1) is 22.6. The Labute approximate surface area is 203 Å². The van der Waals surface area contributed by atoms with Gasteiger partial charge in [-0.2, -0.15) is 0 Å². The van der Waals surface area contributed by atoms with E-state index in [1.54, 1.807) is 4.90 Å². The first-order valence-electron chi connectivity index (χ1n) is 11.4. The van der Waals surface area contributed by atoms with Crippen LogP contribution in [0.5, 0.6) is 11.5 Å². The molecule has 1 unspecified atom stereocenters. The van der Waals surface area contributed by atoms with Crippen molar-refractivity contribution < 1.29 is 19.1 Å². The number of thiocarbonyl (C=S) groups is 1. The molecule has 0 saturated carbocycles. The predicted molar refractivity (Wildman–Crippen MR) is 131 cm³/mol. The zero-order valence-electron chi connectivity index (χ0n) is 18.5. The van der Waals surface area contributed by atoms with Crippen LogP contribution in [0.4, 0.5) is 0 Å². The van der Waals surface area contributed by atoms with Crippen molar-refractivity contribution in [2.24, 2.45) is 0 Å².